The largest absolute Gasteiger partial charge is 0.392 e. The number of hydrogen-bond acceptors (Lipinski definition) is 1. The van der Waals surface area contributed by atoms with Crippen molar-refractivity contribution in [2.75, 3.05) is 0 Å². The van der Waals surface area contributed by atoms with Gasteiger partial charge in [0.2, 0.25) is 0 Å². The highest BCUT2D eigenvalue weighted by Gasteiger charge is 2.32. The quantitative estimate of drug-likeness (QED) is 0.802. The summed E-state index contributed by atoms with van der Waals surface area (Å²) in [5.74, 6) is 1.30. The molecule has 0 bridgehead atoms. The van der Waals surface area contributed by atoms with Crippen molar-refractivity contribution in [2.24, 2.45) is 17.3 Å². The Morgan fingerprint density at radius 3 is 2.15 bits per heavy atom. The smallest absolute Gasteiger partial charge is 0.0608 e. The lowest BCUT2D eigenvalue weighted by Crippen LogP contribution is -2.31. The standard InChI is InChI=1S/C18H27BrO/c1-18(2,3)15-8-6-14(7-9-15)17(20)12-13-4-10-16(19)11-5-13/h4-5,10-11,14-15,17,20H,6-9,12H2,1-3H3. The molecule has 1 N–H and O–H groups in total. The van der Waals surface area contributed by atoms with Crippen LogP contribution in [0.5, 0.6) is 0 Å². The lowest BCUT2D eigenvalue weighted by Gasteiger charge is -2.38. The van der Waals surface area contributed by atoms with Gasteiger partial charge >= 0.3 is 0 Å². The van der Waals surface area contributed by atoms with E-state index in [9.17, 15) is 5.11 Å². The third-order valence-corrected chi connectivity index (χ3v) is 5.43. The topological polar surface area (TPSA) is 20.2 Å². The molecule has 1 aliphatic carbocycles. The summed E-state index contributed by atoms with van der Waals surface area (Å²) in [4.78, 5) is 0. The fourth-order valence-electron chi connectivity index (χ4n) is 3.40. The Bertz CT molecular complexity index is 410. The van der Waals surface area contributed by atoms with Crippen molar-refractivity contribution in [3.8, 4) is 0 Å². The van der Waals surface area contributed by atoms with E-state index in [0.717, 1.165) is 16.8 Å². The number of benzene rings is 1. The van der Waals surface area contributed by atoms with Gasteiger partial charge in [0.15, 0.2) is 0 Å². The van der Waals surface area contributed by atoms with Crippen LogP contribution in [0.3, 0.4) is 0 Å². The zero-order valence-corrected chi connectivity index (χ0v) is 14.5. The number of rotatable bonds is 3. The second-order valence-electron chi connectivity index (χ2n) is 7.38. The highest BCUT2D eigenvalue weighted by molar-refractivity contribution is 9.10. The molecule has 1 aromatic carbocycles. The van der Waals surface area contributed by atoms with Gasteiger partial charge in [-0.2, -0.15) is 0 Å². The molecule has 1 atom stereocenters. The van der Waals surface area contributed by atoms with Gasteiger partial charge in [-0.3, -0.25) is 0 Å². The van der Waals surface area contributed by atoms with E-state index in [-0.39, 0.29) is 6.10 Å². The minimum Gasteiger partial charge on any atom is -0.392 e. The number of aliphatic hydroxyl groups excluding tert-OH is 1. The van der Waals surface area contributed by atoms with Crippen LogP contribution in [0.15, 0.2) is 28.7 Å². The van der Waals surface area contributed by atoms with Crippen molar-refractivity contribution < 1.29 is 5.11 Å². The van der Waals surface area contributed by atoms with Gasteiger partial charge in [0, 0.05) is 4.47 Å². The Morgan fingerprint density at radius 2 is 1.65 bits per heavy atom. The van der Waals surface area contributed by atoms with Crippen molar-refractivity contribution in [3.63, 3.8) is 0 Å². The fourth-order valence-corrected chi connectivity index (χ4v) is 3.66. The average Bonchev–Trinajstić information content (AvgIpc) is 2.40. The Kier molecular flexibility index (Phi) is 5.30. The normalized spacial score (nSPS) is 25.4. The van der Waals surface area contributed by atoms with E-state index in [1.807, 2.05) is 0 Å². The van der Waals surface area contributed by atoms with Crippen molar-refractivity contribution >= 4 is 15.9 Å². The molecule has 0 saturated heterocycles. The molecule has 20 heavy (non-hydrogen) atoms. The van der Waals surface area contributed by atoms with Crippen molar-refractivity contribution in [1.82, 2.24) is 0 Å². The van der Waals surface area contributed by atoms with Crippen LogP contribution in [0.25, 0.3) is 0 Å². The zero-order valence-electron chi connectivity index (χ0n) is 12.9. The van der Waals surface area contributed by atoms with Crippen LogP contribution in [0.1, 0.15) is 52.0 Å². The van der Waals surface area contributed by atoms with Gasteiger partial charge in [0.05, 0.1) is 6.10 Å². The third kappa shape index (κ3) is 4.33. The van der Waals surface area contributed by atoms with E-state index in [2.05, 4.69) is 61.0 Å². The summed E-state index contributed by atoms with van der Waals surface area (Å²) >= 11 is 3.45. The summed E-state index contributed by atoms with van der Waals surface area (Å²) in [6.07, 6.45) is 5.51. The van der Waals surface area contributed by atoms with Crippen LogP contribution >= 0.6 is 15.9 Å². The van der Waals surface area contributed by atoms with E-state index in [1.165, 1.54) is 31.2 Å². The minimum atomic E-state index is -0.183. The Hall–Kier alpha value is -0.340. The van der Waals surface area contributed by atoms with Gasteiger partial charge in [-0.25, -0.2) is 0 Å². The Balaban J connectivity index is 1.85. The Morgan fingerprint density at radius 1 is 1.10 bits per heavy atom. The molecule has 0 aliphatic heterocycles. The zero-order chi connectivity index (χ0) is 14.8. The van der Waals surface area contributed by atoms with Crippen LogP contribution in [0, 0.1) is 17.3 Å². The first-order chi connectivity index (χ1) is 9.36. The molecule has 0 spiro atoms. The van der Waals surface area contributed by atoms with Crippen LogP contribution in [0.2, 0.25) is 0 Å². The minimum absolute atomic E-state index is 0.183. The maximum Gasteiger partial charge on any atom is 0.0608 e. The highest BCUT2D eigenvalue weighted by Crippen LogP contribution is 2.41. The van der Waals surface area contributed by atoms with Gasteiger partial charge in [-0.05, 0) is 67.1 Å². The van der Waals surface area contributed by atoms with Crippen LogP contribution < -0.4 is 0 Å². The van der Waals surface area contributed by atoms with Gasteiger partial charge in [0.25, 0.3) is 0 Å². The monoisotopic (exact) mass is 338 g/mol. The molecule has 0 aromatic heterocycles. The molecule has 112 valence electrons. The molecule has 1 aliphatic rings. The van der Waals surface area contributed by atoms with Crippen molar-refractivity contribution in [3.05, 3.63) is 34.3 Å². The summed E-state index contributed by atoms with van der Waals surface area (Å²) in [7, 11) is 0. The van der Waals surface area contributed by atoms with E-state index in [0.29, 0.717) is 11.3 Å². The van der Waals surface area contributed by atoms with E-state index < -0.39 is 0 Å². The molecule has 2 rings (SSSR count). The predicted molar refractivity (Wildman–Crippen MR) is 88.8 cm³/mol. The molecule has 1 saturated carbocycles. The first-order valence-electron chi connectivity index (χ1n) is 7.79. The SMILES string of the molecule is CC(C)(C)C1CCC(C(O)Cc2ccc(Br)cc2)CC1. The first kappa shape index (κ1) is 16.0. The van der Waals surface area contributed by atoms with Gasteiger partial charge < -0.3 is 5.11 Å². The Labute approximate surface area is 131 Å². The summed E-state index contributed by atoms with van der Waals surface area (Å²) in [5.41, 5.74) is 1.65. The van der Waals surface area contributed by atoms with Crippen LogP contribution in [-0.2, 0) is 6.42 Å². The summed E-state index contributed by atoms with van der Waals surface area (Å²) in [6.45, 7) is 7.03. The molecule has 1 nitrogen and oxygen atoms in total. The second-order valence-corrected chi connectivity index (χ2v) is 8.29. The molecule has 1 aromatic rings. The van der Waals surface area contributed by atoms with Crippen LogP contribution in [-0.4, -0.2) is 11.2 Å². The molecule has 1 fully saturated rings. The molecular weight excluding hydrogens is 312 g/mol. The van der Waals surface area contributed by atoms with Crippen molar-refractivity contribution in [1.29, 1.82) is 0 Å². The number of hydrogen-bond donors (Lipinski definition) is 1. The molecule has 0 heterocycles. The molecular formula is C18H27BrO. The van der Waals surface area contributed by atoms with E-state index in [1.54, 1.807) is 0 Å². The summed E-state index contributed by atoms with van der Waals surface area (Å²) in [6, 6.07) is 8.32. The maximum absolute atomic E-state index is 10.5. The third-order valence-electron chi connectivity index (χ3n) is 4.90. The lowest BCUT2D eigenvalue weighted by molar-refractivity contribution is 0.0537. The first-order valence-corrected chi connectivity index (χ1v) is 8.58. The summed E-state index contributed by atoms with van der Waals surface area (Å²) < 4.78 is 1.10. The lowest BCUT2D eigenvalue weighted by atomic mass is 9.68. The highest BCUT2D eigenvalue weighted by atomic mass is 79.9. The molecule has 0 radical (unpaired) electrons. The van der Waals surface area contributed by atoms with Gasteiger partial charge in [-0.15, -0.1) is 0 Å². The van der Waals surface area contributed by atoms with Gasteiger partial charge in [-0.1, -0.05) is 48.8 Å². The molecule has 0 amide bonds. The average molecular weight is 339 g/mol. The molecule has 1 unspecified atom stereocenters. The maximum atomic E-state index is 10.5. The number of aliphatic hydroxyl groups is 1. The molecule has 2 heteroatoms. The van der Waals surface area contributed by atoms with Gasteiger partial charge in [0.1, 0.15) is 0 Å². The van der Waals surface area contributed by atoms with Crippen LogP contribution in [0.4, 0.5) is 0 Å². The summed E-state index contributed by atoms with van der Waals surface area (Å²) in [5, 5.41) is 10.5. The predicted octanol–water partition coefficient (Wildman–Crippen LogP) is 5.21. The fraction of sp³-hybridized carbons (Fsp3) is 0.667. The van der Waals surface area contributed by atoms with E-state index in [4.69, 9.17) is 0 Å². The van der Waals surface area contributed by atoms with E-state index >= 15 is 0 Å². The number of halogens is 1. The second kappa shape index (κ2) is 6.62. The van der Waals surface area contributed by atoms with Crippen molar-refractivity contribution in [2.45, 2.75) is 59.0 Å².